The summed E-state index contributed by atoms with van der Waals surface area (Å²) < 4.78 is 22.9. The number of benzene rings is 2. The largest absolute Gasteiger partial charge is 0.493 e. The fourth-order valence-electron chi connectivity index (χ4n) is 4.57. The van der Waals surface area contributed by atoms with Crippen LogP contribution in [-0.2, 0) is 17.6 Å². The van der Waals surface area contributed by atoms with E-state index in [1.54, 1.807) is 35.4 Å². The zero-order chi connectivity index (χ0) is 22.6. The van der Waals surface area contributed by atoms with E-state index in [0.29, 0.717) is 6.42 Å². The van der Waals surface area contributed by atoms with Crippen molar-refractivity contribution >= 4 is 5.78 Å². The number of rotatable bonds is 9. The summed E-state index contributed by atoms with van der Waals surface area (Å²) in [6, 6.07) is 10.5. The van der Waals surface area contributed by atoms with E-state index in [1.165, 1.54) is 11.1 Å². The molecular formula is C25H34NO5+. The number of carbonyl (C=O) groups is 1. The maximum absolute atomic E-state index is 11.8. The minimum Gasteiger partial charge on any atom is -0.493 e. The number of methoxy groups -OCH3 is 4. The summed E-state index contributed by atoms with van der Waals surface area (Å²) >= 11 is 0. The Morgan fingerprint density at radius 2 is 1.55 bits per heavy atom. The topological polar surface area (TPSA) is 54.0 Å². The molecule has 0 unspecified atom stereocenters. The standard InChI is InChI=1S/C25H34NO5/c1-17(27)9-11-26(2)12-10-19-15-24(30-5)25(31-6)16-20(19)21(26)13-18-7-8-22(28-3)23(14-18)29-4/h7-8,14-16,21H,9-13H2,1-6H3/q+1/t21-,26+/m1/s1. The average molecular weight is 429 g/mol. The second-order valence-corrected chi connectivity index (χ2v) is 8.44. The third-order valence-electron chi connectivity index (χ3n) is 6.50. The number of fused-ring (bicyclic) bond motifs is 1. The Hall–Kier alpha value is -2.73. The van der Waals surface area contributed by atoms with Crippen molar-refractivity contribution in [2.45, 2.75) is 32.2 Å². The van der Waals surface area contributed by atoms with Crippen LogP contribution in [0, 0.1) is 0 Å². The van der Waals surface area contributed by atoms with Gasteiger partial charge in [0.25, 0.3) is 0 Å². The number of ketones is 1. The number of hydrogen-bond donors (Lipinski definition) is 0. The highest BCUT2D eigenvalue weighted by atomic mass is 16.5. The van der Waals surface area contributed by atoms with Crippen LogP contribution in [0.1, 0.15) is 36.1 Å². The molecule has 1 aliphatic rings. The van der Waals surface area contributed by atoms with Crippen LogP contribution in [0.2, 0.25) is 0 Å². The lowest BCUT2D eigenvalue weighted by Crippen LogP contribution is -2.52. The molecular weight excluding hydrogens is 394 g/mol. The van der Waals surface area contributed by atoms with Gasteiger partial charge in [-0.25, -0.2) is 0 Å². The maximum atomic E-state index is 11.8. The van der Waals surface area contributed by atoms with Crippen LogP contribution >= 0.6 is 0 Å². The minimum atomic E-state index is 0.181. The van der Waals surface area contributed by atoms with Crippen LogP contribution in [0.25, 0.3) is 0 Å². The molecule has 168 valence electrons. The van der Waals surface area contributed by atoms with Gasteiger partial charge < -0.3 is 23.4 Å². The van der Waals surface area contributed by atoms with Crippen molar-refractivity contribution in [1.29, 1.82) is 0 Å². The highest BCUT2D eigenvalue weighted by molar-refractivity contribution is 5.75. The third kappa shape index (κ3) is 4.79. The molecule has 2 atom stereocenters. The molecule has 0 aromatic heterocycles. The molecule has 0 fully saturated rings. The number of nitrogens with zero attached hydrogens (tertiary/aromatic N) is 1. The summed E-state index contributed by atoms with van der Waals surface area (Å²) in [5.41, 5.74) is 3.70. The van der Waals surface area contributed by atoms with E-state index in [4.69, 9.17) is 18.9 Å². The number of carbonyl (C=O) groups excluding carboxylic acids is 1. The van der Waals surface area contributed by atoms with E-state index in [0.717, 1.165) is 59.0 Å². The summed E-state index contributed by atoms with van der Waals surface area (Å²) in [6.07, 6.45) is 2.32. The van der Waals surface area contributed by atoms with Crippen molar-refractivity contribution < 1.29 is 28.2 Å². The number of quaternary nitrogens is 1. The van der Waals surface area contributed by atoms with Crippen LogP contribution in [-0.4, -0.2) is 58.8 Å². The van der Waals surface area contributed by atoms with Gasteiger partial charge in [-0.05, 0) is 42.3 Å². The summed E-state index contributed by atoms with van der Waals surface area (Å²) in [7, 11) is 8.89. The normalized spacial score (nSPS) is 20.0. The van der Waals surface area contributed by atoms with Gasteiger partial charge in [0.05, 0.1) is 55.0 Å². The summed E-state index contributed by atoms with van der Waals surface area (Å²) in [4.78, 5) is 11.8. The molecule has 31 heavy (non-hydrogen) atoms. The van der Waals surface area contributed by atoms with Crippen molar-refractivity contribution in [2.75, 3.05) is 48.6 Å². The molecule has 0 aliphatic carbocycles. The smallest absolute Gasteiger partial charge is 0.161 e. The molecule has 0 radical (unpaired) electrons. The van der Waals surface area contributed by atoms with Crippen molar-refractivity contribution in [1.82, 2.24) is 0 Å². The van der Waals surface area contributed by atoms with Gasteiger partial charge >= 0.3 is 0 Å². The highest BCUT2D eigenvalue weighted by Crippen LogP contribution is 2.43. The molecule has 0 bridgehead atoms. The zero-order valence-corrected chi connectivity index (χ0v) is 19.5. The summed E-state index contributed by atoms with van der Waals surface area (Å²) in [5, 5.41) is 0. The SMILES string of the molecule is COc1ccc(C[C@@H]2c3cc(OC)c(OC)cc3CC[N@+]2(C)CCC(C)=O)cc1OC. The van der Waals surface area contributed by atoms with Gasteiger partial charge in [0.1, 0.15) is 11.8 Å². The Kier molecular flexibility index (Phi) is 7.11. The quantitative estimate of drug-likeness (QED) is 0.566. The van der Waals surface area contributed by atoms with Crippen LogP contribution in [0.4, 0.5) is 0 Å². The Labute approximate surface area is 185 Å². The lowest BCUT2D eigenvalue weighted by atomic mass is 9.86. The van der Waals surface area contributed by atoms with E-state index in [-0.39, 0.29) is 11.8 Å². The summed E-state index contributed by atoms with van der Waals surface area (Å²) in [5.74, 6) is 3.16. The van der Waals surface area contributed by atoms with E-state index >= 15 is 0 Å². The molecule has 0 saturated heterocycles. The minimum absolute atomic E-state index is 0.181. The first-order valence-corrected chi connectivity index (χ1v) is 10.6. The third-order valence-corrected chi connectivity index (χ3v) is 6.50. The van der Waals surface area contributed by atoms with Crippen molar-refractivity contribution in [3.05, 3.63) is 47.0 Å². The molecule has 0 amide bonds. The lowest BCUT2D eigenvalue weighted by molar-refractivity contribution is -0.940. The van der Waals surface area contributed by atoms with Crippen molar-refractivity contribution in [3.63, 3.8) is 0 Å². The first-order chi connectivity index (χ1) is 14.8. The molecule has 1 heterocycles. The Morgan fingerprint density at radius 1 is 0.935 bits per heavy atom. The van der Waals surface area contributed by atoms with E-state index in [2.05, 4.69) is 25.2 Å². The average Bonchev–Trinajstić information content (AvgIpc) is 2.78. The Bertz CT molecular complexity index is 942. The number of ether oxygens (including phenoxy) is 4. The lowest BCUT2D eigenvalue weighted by Gasteiger charge is -2.46. The predicted octanol–water partition coefficient (Wildman–Crippen LogP) is 3.99. The number of Topliss-reactive ketones (excluding diaryl/α,β-unsaturated/α-hetero) is 1. The molecule has 0 N–H and O–H groups in total. The molecule has 3 rings (SSSR count). The summed E-state index contributed by atoms with van der Waals surface area (Å²) in [6.45, 7) is 3.44. The number of likely N-dealkylation sites (N-methyl/N-ethyl adjacent to an activating group) is 1. The number of hydrogen-bond acceptors (Lipinski definition) is 5. The maximum Gasteiger partial charge on any atom is 0.161 e. The monoisotopic (exact) mass is 428 g/mol. The van der Waals surface area contributed by atoms with Gasteiger partial charge in [-0.1, -0.05) is 6.07 Å². The zero-order valence-electron chi connectivity index (χ0n) is 19.5. The van der Waals surface area contributed by atoms with Gasteiger partial charge in [0.15, 0.2) is 23.0 Å². The van der Waals surface area contributed by atoms with Crippen molar-refractivity contribution in [2.24, 2.45) is 0 Å². The van der Waals surface area contributed by atoms with Gasteiger partial charge in [-0.15, -0.1) is 0 Å². The Morgan fingerprint density at radius 3 is 2.16 bits per heavy atom. The predicted molar refractivity (Wildman–Crippen MR) is 120 cm³/mol. The van der Waals surface area contributed by atoms with Gasteiger partial charge in [-0.3, -0.25) is 4.79 Å². The van der Waals surface area contributed by atoms with E-state index in [1.807, 2.05) is 12.1 Å². The first-order valence-electron chi connectivity index (χ1n) is 10.6. The molecule has 1 aliphatic heterocycles. The highest BCUT2D eigenvalue weighted by Gasteiger charge is 2.40. The fraction of sp³-hybridized carbons (Fsp3) is 0.480. The second-order valence-electron chi connectivity index (χ2n) is 8.44. The second kappa shape index (κ2) is 9.60. The van der Waals surface area contributed by atoms with Gasteiger partial charge in [0, 0.05) is 18.4 Å². The van der Waals surface area contributed by atoms with Gasteiger partial charge in [-0.2, -0.15) is 0 Å². The molecule has 0 saturated carbocycles. The van der Waals surface area contributed by atoms with E-state index in [9.17, 15) is 4.79 Å². The fourth-order valence-corrected chi connectivity index (χ4v) is 4.57. The molecule has 6 nitrogen and oxygen atoms in total. The van der Waals surface area contributed by atoms with Crippen LogP contribution in [0.5, 0.6) is 23.0 Å². The van der Waals surface area contributed by atoms with E-state index < -0.39 is 0 Å². The first kappa shape index (κ1) is 22.9. The van der Waals surface area contributed by atoms with Gasteiger partial charge in [0.2, 0.25) is 0 Å². The van der Waals surface area contributed by atoms with Crippen LogP contribution < -0.4 is 18.9 Å². The van der Waals surface area contributed by atoms with Crippen LogP contribution in [0.3, 0.4) is 0 Å². The molecule has 0 spiro atoms. The molecule has 2 aromatic rings. The molecule has 6 heteroatoms. The van der Waals surface area contributed by atoms with Crippen molar-refractivity contribution in [3.8, 4) is 23.0 Å². The van der Waals surface area contributed by atoms with Crippen LogP contribution in [0.15, 0.2) is 30.3 Å². The molecule has 2 aromatic carbocycles. The Balaban J connectivity index is 2.06.